The molecular weight excluding hydrogens is 446 g/mol. The van der Waals surface area contributed by atoms with Crippen molar-refractivity contribution in [2.24, 2.45) is 0 Å². The maximum atomic E-state index is 11.6. The third-order valence-corrected chi connectivity index (χ3v) is 6.18. The van der Waals surface area contributed by atoms with Crippen LogP contribution in [0.1, 0.15) is 41.4 Å². The molecule has 0 aliphatic carbocycles. The van der Waals surface area contributed by atoms with E-state index in [2.05, 4.69) is 21.5 Å². The Hall–Kier alpha value is -3.98. The number of aryl methyl sites for hydroxylation is 1. The molecule has 180 valence electrons. The number of aromatic nitrogens is 4. The molecule has 3 N–H and O–H groups in total. The number of aliphatic hydroxyl groups is 1. The molecule has 0 amide bonds. The van der Waals surface area contributed by atoms with Gasteiger partial charge in [-0.25, -0.2) is 0 Å². The third-order valence-electron chi connectivity index (χ3n) is 6.18. The number of carboxylic acids is 1. The van der Waals surface area contributed by atoms with E-state index < -0.39 is 12.0 Å². The lowest BCUT2D eigenvalue weighted by atomic mass is 10.0. The fourth-order valence-electron chi connectivity index (χ4n) is 4.45. The second kappa shape index (κ2) is 10.1. The van der Waals surface area contributed by atoms with Gasteiger partial charge < -0.3 is 20.3 Å². The maximum absolute atomic E-state index is 11.6. The Labute approximate surface area is 202 Å². The van der Waals surface area contributed by atoms with E-state index in [1.807, 2.05) is 24.3 Å². The van der Waals surface area contributed by atoms with Crippen LogP contribution in [0.15, 0.2) is 55.0 Å². The SMILES string of the molecule is O=C(O)C[C@@H](c1cncc(CO)c1)n1ncc2cc(OCCc3ccc4c(n3)CCCN4)ccc21. The molecule has 4 aromatic rings. The zero-order valence-electron chi connectivity index (χ0n) is 19.2. The van der Waals surface area contributed by atoms with E-state index in [1.165, 1.54) is 0 Å². The van der Waals surface area contributed by atoms with Gasteiger partial charge in [0, 0.05) is 36.4 Å². The number of pyridine rings is 2. The van der Waals surface area contributed by atoms with Crippen molar-refractivity contribution < 1.29 is 19.7 Å². The predicted molar refractivity (Wildman–Crippen MR) is 131 cm³/mol. The normalized spacial score (nSPS) is 13.7. The summed E-state index contributed by atoms with van der Waals surface area (Å²) in [5, 5.41) is 27.7. The van der Waals surface area contributed by atoms with Crippen LogP contribution in [0.2, 0.25) is 0 Å². The molecule has 9 heteroatoms. The topological polar surface area (TPSA) is 122 Å². The van der Waals surface area contributed by atoms with E-state index in [4.69, 9.17) is 9.72 Å². The molecule has 1 aromatic carbocycles. The van der Waals surface area contributed by atoms with Crippen molar-refractivity contribution in [3.05, 3.63) is 77.5 Å². The van der Waals surface area contributed by atoms with Crippen LogP contribution in [-0.2, 0) is 24.2 Å². The van der Waals surface area contributed by atoms with Gasteiger partial charge in [0.1, 0.15) is 5.75 Å². The van der Waals surface area contributed by atoms with E-state index >= 15 is 0 Å². The summed E-state index contributed by atoms with van der Waals surface area (Å²) in [5.41, 5.74) is 5.35. The minimum absolute atomic E-state index is 0.158. The Morgan fingerprint density at radius 1 is 1.17 bits per heavy atom. The van der Waals surface area contributed by atoms with Crippen molar-refractivity contribution in [2.45, 2.75) is 38.3 Å². The molecular formula is C26H27N5O4. The molecule has 3 aromatic heterocycles. The summed E-state index contributed by atoms with van der Waals surface area (Å²) in [6.45, 7) is 1.33. The standard InChI is InChI=1S/C26H27N5O4/c32-16-17-10-18(14-27-13-17)25(12-26(33)34)31-24-6-4-21(11-19(24)15-29-31)35-9-7-20-3-5-22-23(30-20)2-1-8-28-22/h3-6,10-11,13-15,25,28,32H,1-2,7-9,12,16H2,(H,33,34)/t25-/m0/s1. The largest absolute Gasteiger partial charge is 0.493 e. The average Bonchev–Trinajstić information content (AvgIpc) is 3.30. The van der Waals surface area contributed by atoms with Crippen LogP contribution in [0.4, 0.5) is 5.69 Å². The quantitative estimate of drug-likeness (QED) is 0.338. The number of carboxylic acid groups (broad SMARTS) is 1. The highest BCUT2D eigenvalue weighted by atomic mass is 16.5. The number of fused-ring (bicyclic) bond motifs is 2. The summed E-state index contributed by atoms with van der Waals surface area (Å²) in [4.78, 5) is 20.5. The molecule has 0 saturated carbocycles. The Morgan fingerprint density at radius 3 is 2.94 bits per heavy atom. The number of ether oxygens (including phenoxy) is 1. The van der Waals surface area contributed by atoms with Crippen molar-refractivity contribution in [3.63, 3.8) is 0 Å². The molecule has 0 unspecified atom stereocenters. The molecule has 0 saturated heterocycles. The van der Waals surface area contributed by atoms with E-state index in [0.717, 1.165) is 53.1 Å². The van der Waals surface area contributed by atoms with E-state index in [1.54, 1.807) is 29.3 Å². The Balaban J connectivity index is 1.32. The van der Waals surface area contributed by atoms with Crippen molar-refractivity contribution in [2.75, 3.05) is 18.5 Å². The number of anilines is 1. The highest BCUT2D eigenvalue weighted by molar-refractivity contribution is 5.81. The molecule has 9 nitrogen and oxygen atoms in total. The van der Waals surface area contributed by atoms with Gasteiger partial charge in [-0.15, -0.1) is 0 Å². The summed E-state index contributed by atoms with van der Waals surface area (Å²) in [7, 11) is 0. The predicted octanol–water partition coefficient (Wildman–Crippen LogP) is 3.36. The van der Waals surface area contributed by atoms with E-state index in [9.17, 15) is 15.0 Å². The Bertz CT molecular complexity index is 1350. The van der Waals surface area contributed by atoms with Crippen LogP contribution in [0.5, 0.6) is 5.75 Å². The summed E-state index contributed by atoms with van der Waals surface area (Å²) in [6, 6.07) is 11.0. The summed E-state index contributed by atoms with van der Waals surface area (Å²) < 4.78 is 7.68. The van der Waals surface area contributed by atoms with Gasteiger partial charge in [-0.05, 0) is 60.4 Å². The second-order valence-corrected chi connectivity index (χ2v) is 8.63. The fraction of sp³-hybridized carbons (Fsp3) is 0.308. The lowest BCUT2D eigenvalue weighted by Gasteiger charge is -2.18. The molecule has 4 heterocycles. The highest BCUT2D eigenvalue weighted by Gasteiger charge is 2.21. The Morgan fingerprint density at radius 2 is 2.09 bits per heavy atom. The average molecular weight is 474 g/mol. The van der Waals surface area contributed by atoms with Gasteiger partial charge in [0.25, 0.3) is 0 Å². The minimum Gasteiger partial charge on any atom is -0.493 e. The fourth-order valence-corrected chi connectivity index (χ4v) is 4.45. The number of rotatable bonds is 9. The molecule has 0 spiro atoms. The molecule has 1 atom stereocenters. The zero-order chi connectivity index (χ0) is 24.2. The first-order chi connectivity index (χ1) is 17.1. The number of hydrogen-bond donors (Lipinski definition) is 3. The van der Waals surface area contributed by atoms with Crippen LogP contribution in [-0.4, -0.2) is 49.1 Å². The van der Waals surface area contributed by atoms with Gasteiger partial charge in [-0.3, -0.25) is 19.4 Å². The van der Waals surface area contributed by atoms with Gasteiger partial charge in [0.2, 0.25) is 0 Å². The molecule has 5 rings (SSSR count). The monoisotopic (exact) mass is 473 g/mol. The van der Waals surface area contributed by atoms with E-state index in [-0.39, 0.29) is 13.0 Å². The van der Waals surface area contributed by atoms with E-state index in [0.29, 0.717) is 24.2 Å². The highest BCUT2D eigenvalue weighted by Crippen LogP contribution is 2.29. The minimum atomic E-state index is -0.945. The maximum Gasteiger partial charge on any atom is 0.305 e. The third kappa shape index (κ3) is 5.09. The molecule has 1 aliphatic rings. The first kappa shape index (κ1) is 22.8. The summed E-state index contributed by atoms with van der Waals surface area (Å²) >= 11 is 0. The van der Waals surface area contributed by atoms with Crippen LogP contribution in [0, 0.1) is 0 Å². The summed E-state index contributed by atoms with van der Waals surface area (Å²) in [6.07, 6.45) is 7.53. The van der Waals surface area contributed by atoms with Crippen LogP contribution >= 0.6 is 0 Å². The lowest BCUT2D eigenvalue weighted by Crippen LogP contribution is -2.17. The molecule has 35 heavy (non-hydrogen) atoms. The Kier molecular flexibility index (Phi) is 6.58. The molecule has 1 aliphatic heterocycles. The van der Waals surface area contributed by atoms with Crippen LogP contribution in [0.3, 0.4) is 0 Å². The number of nitrogens with zero attached hydrogens (tertiary/aromatic N) is 4. The number of carbonyl (C=O) groups is 1. The zero-order valence-corrected chi connectivity index (χ0v) is 19.2. The van der Waals surface area contributed by atoms with Gasteiger partial charge in [-0.2, -0.15) is 5.10 Å². The summed E-state index contributed by atoms with van der Waals surface area (Å²) in [5.74, 6) is -0.227. The van der Waals surface area contributed by atoms with Crippen molar-refractivity contribution >= 4 is 22.6 Å². The first-order valence-electron chi connectivity index (χ1n) is 11.7. The van der Waals surface area contributed by atoms with Crippen molar-refractivity contribution in [3.8, 4) is 5.75 Å². The molecule has 0 fully saturated rings. The second-order valence-electron chi connectivity index (χ2n) is 8.63. The molecule has 0 radical (unpaired) electrons. The van der Waals surface area contributed by atoms with Crippen LogP contribution < -0.4 is 10.1 Å². The first-order valence-corrected chi connectivity index (χ1v) is 11.7. The lowest BCUT2D eigenvalue weighted by molar-refractivity contribution is -0.137. The number of hydrogen-bond acceptors (Lipinski definition) is 7. The van der Waals surface area contributed by atoms with Gasteiger partial charge in [0.15, 0.2) is 0 Å². The van der Waals surface area contributed by atoms with Crippen LogP contribution in [0.25, 0.3) is 10.9 Å². The number of aliphatic hydroxyl groups excluding tert-OH is 1. The number of nitrogens with one attached hydrogen (secondary N) is 1. The van der Waals surface area contributed by atoms with Crippen molar-refractivity contribution in [1.82, 2.24) is 19.7 Å². The molecule has 0 bridgehead atoms. The van der Waals surface area contributed by atoms with Crippen molar-refractivity contribution in [1.29, 1.82) is 0 Å². The number of aliphatic carboxylic acids is 1. The van der Waals surface area contributed by atoms with Gasteiger partial charge in [-0.1, -0.05) is 0 Å². The smallest absolute Gasteiger partial charge is 0.305 e. The van der Waals surface area contributed by atoms with Gasteiger partial charge >= 0.3 is 5.97 Å². The number of benzene rings is 1. The van der Waals surface area contributed by atoms with Gasteiger partial charge in [0.05, 0.1) is 48.8 Å².